The van der Waals surface area contributed by atoms with E-state index in [0.29, 0.717) is 13.2 Å². The smallest absolute Gasteiger partial charge is 0.245 e. The molecule has 2 saturated heterocycles. The Morgan fingerprint density at radius 2 is 2.31 bits per heavy atom. The first-order chi connectivity index (χ1) is 6.28. The lowest BCUT2D eigenvalue weighted by atomic mass is 9.95. The molecule has 1 unspecified atom stereocenters. The molecular weight excluding hydrogens is 168 g/mol. The Hall–Kier alpha value is -0.610. The highest BCUT2D eigenvalue weighted by molar-refractivity contribution is 5.87. The highest BCUT2D eigenvalue weighted by Crippen LogP contribution is 2.23. The number of carbonyl (C=O) groups is 1. The van der Waals surface area contributed by atoms with E-state index in [-0.39, 0.29) is 5.91 Å². The minimum absolute atomic E-state index is 0.221. The van der Waals surface area contributed by atoms with Crippen LogP contribution in [0.5, 0.6) is 0 Å². The maximum Gasteiger partial charge on any atom is 0.245 e. The second-order valence-corrected chi connectivity index (χ2v) is 3.78. The van der Waals surface area contributed by atoms with Crippen LogP contribution in [0, 0.1) is 0 Å². The zero-order valence-electron chi connectivity index (χ0n) is 8.01. The van der Waals surface area contributed by atoms with Gasteiger partial charge in [-0.05, 0) is 13.5 Å². The Morgan fingerprint density at radius 1 is 1.54 bits per heavy atom. The molecule has 0 aromatic rings. The molecule has 0 saturated carbocycles. The van der Waals surface area contributed by atoms with Gasteiger partial charge in [0.1, 0.15) is 5.54 Å². The number of rotatable bonds is 2. The average Bonchev–Trinajstić information content (AvgIpc) is 2.49. The van der Waals surface area contributed by atoms with Crippen LogP contribution in [-0.2, 0) is 9.53 Å². The molecule has 13 heavy (non-hydrogen) atoms. The number of nitrogens with zero attached hydrogens (tertiary/aromatic N) is 1. The predicted molar refractivity (Wildman–Crippen MR) is 48.4 cm³/mol. The van der Waals surface area contributed by atoms with Crippen LogP contribution < -0.4 is 5.32 Å². The topological polar surface area (TPSA) is 41.6 Å². The zero-order valence-corrected chi connectivity index (χ0v) is 8.01. The van der Waals surface area contributed by atoms with Gasteiger partial charge in [0.2, 0.25) is 5.91 Å². The number of nitrogens with one attached hydrogen (secondary N) is 1. The van der Waals surface area contributed by atoms with Crippen molar-refractivity contribution < 1.29 is 9.53 Å². The summed E-state index contributed by atoms with van der Waals surface area (Å²) < 4.78 is 5.28. The molecule has 1 amide bonds. The van der Waals surface area contributed by atoms with E-state index in [1.54, 1.807) is 0 Å². The molecule has 2 aliphatic rings. The van der Waals surface area contributed by atoms with Crippen molar-refractivity contribution in [2.75, 3.05) is 33.4 Å². The predicted octanol–water partition coefficient (Wildman–Crippen LogP) is -0.403. The number of carbonyl (C=O) groups excluding carboxylic acids is 1. The van der Waals surface area contributed by atoms with Crippen molar-refractivity contribution in [3.63, 3.8) is 0 Å². The summed E-state index contributed by atoms with van der Waals surface area (Å²) in [6.45, 7) is 3.06. The molecule has 0 aromatic carbocycles. The second kappa shape index (κ2) is 3.27. The van der Waals surface area contributed by atoms with Crippen molar-refractivity contribution in [2.45, 2.75) is 18.4 Å². The van der Waals surface area contributed by atoms with Crippen LogP contribution in [0.25, 0.3) is 0 Å². The van der Waals surface area contributed by atoms with Crippen molar-refractivity contribution in [3.8, 4) is 0 Å². The molecule has 4 nitrogen and oxygen atoms in total. The number of likely N-dealkylation sites (N-methyl/N-ethyl adjacent to an activating group) is 1. The molecule has 0 bridgehead atoms. The van der Waals surface area contributed by atoms with Crippen molar-refractivity contribution >= 4 is 5.91 Å². The Balaban J connectivity index is 2.05. The summed E-state index contributed by atoms with van der Waals surface area (Å²) in [4.78, 5) is 13.9. The summed E-state index contributed by atoms with van der Waals surface area (Å²) in [7, 11) is 1.84. The monoisotopic (exact) mass is 184 g/mol. The van der Waals surface area contributed by atoms with Gasteiger partial charge in [0.05, 0.1) is 6.61 Å². The number of hydrogen-bond acceptors (Lipinski definition) is 3. The van der Waals surface area contributed by atoms with Gasteiger partial charge in [0.15, 0.2) is 0 Å². The van der Waals surface area contributed by atoms with E-state index >= 15 is 0 Å². The molecule has 2 fully saturated rings. The third-order valence-corrected chi connectivity index (χ3v) is 3.05. The van der Waals surface area contributed by atoms with Gasteiger partial charge in [-0.1, -0.05) is 0 Å². The van der Waals surface area contributed by atoms with E-state index in [9.17, 15) is 4.79 Å². The molecule has 2 aliphatic heterocycles. The first-order valence-corrected chi connectivity index (χ1v) is 4.84. The normalized spacial score (nSPS) is 33.2. The highest BCUT2D eigenvalue weighted by Gasteiger charge is 2.44. The van der Waals surface area contributed by atoms with Crippen LogP contribution in [-0.4, -0.2) is 49.7 Å². The summed E-state index contributed by atoms with van der Waals surface area (Å²) in [5.41, 5.74) is -0.416. The molecule has 2 rings (SSSR count). The SMILES string of the molecule is CNC1(C(=O)N2CCC2)CCOC1. The Bertz CT molecular complexity index is 208. The van der Waals surface area contributed by atoms with Crippen molar-refractivity contribution in [2.24, 2.45) is 0 Å². The van der Waals surface area contributed by atoms with E-state index in [1.165, 1.54) is 0 Å². The average molecular weight is 184 g/mol. The molecule has 74 valence electrons. The van der Waals surface area contributed by atoms with Gasteiger partial charge >= 0.3 is 0 Å². The van der Waals surface area contributed by atoms with Crippen LogP contribution in [0.2, 0.25) is 0 Å². The fourth-order valence-electron chi connectivity index (χ4n) is 1.86. The molecule has 2 heterocycles. The number of ether oxygens (including phenoxy) is 1. The lowest BCUT2D eigenvalue weighted by Gasteiger charge is -2.38. The van der Waals surface area contributed by atoms with Crippen molar-refractivity contribution in [1.82, 2.24) is 10.2 Å². The molecule has 1 atom stereocenters. The third kappa shape index (κ3) is 1.34. The molecule has 1 N–H and O–H groups in total. The van der Waals surface area contributed by atoms with Crippen LogP contribution in [0.4, 0.5) is 0 Å². The van der Waals surface area contributed by atoms with Gasteiger partial charge in [-0.25, -0.2) is 0 Å². The fraction of sp³-hybridized carbons (Fsp3) is 0.889. The molecule has 0 aliphatic carbocycles. The van der Waals surface area contributed by atoms with Crippen molar-refractivity contribution in [1.29, 1.82) is 0 Å². The maximum absolute atomic E-state index is 12.0. The fourth-order valence-corrected chi connectivity index (χ4v) is 1.86. The zero-order chi connectivity index (χ0) is 9.31. The van der Waals surface area contributed by atoms with Crippen LogP contribution in [0.15, 0.2) is 0 Å². The van der Waals surface area contributed by atoms with E-state index < -0.39 is 5.54 Å². The van der Waals surface area contributed by atoms with Gasteiger partial charge in [-0.15, -0.1) is 0 Å². The van der Waals surface area contributed by atoms with E-state index in [1.807, 2.05) is 11.9 Å². The Labute approximate surface area is 78.2 Å². The van der Waals surface area contributed by atoms with Crippen LogP contribution >= 0.6 is 0 Å². The minimum atomic E-state index is -0.416. The number of likely N-dealkylation sites (tertiary alicyclic amines) is 1. The summed E-state index contributed by atoms with van der Waals surface area (Å²) in [6.07, 6.45) is 1.95. The Kier molecular flexibility index (Phi) is 2.26. The number of amides is 1. The van der Waals surface area contributed by atoms with Gasteiger partial charge in [0.25, 0.3) is 0 Å². The van der Waals surface area contributed by atoms with Gasteiger partial charge in [0, 0.05) is 26.1 Å². The van der Waals surface area contributed by atoms with E-state index in [2.05, 4.69) is 5.32 Å². The molecule has 4 heteroatoms. The van der Waals surface area contributed by atoms with E-state index in [4.69, 9.17) is 4.74 Å². The lowest BCUT2D eigenvalue weighted by molar-refractivity contribution is -0.141. The van der Waals surface area contributed by atoms with Gasteiger partial charge in [-0.2, -0.15) is 0 Å². The first-order valence-electron chi connectivity index (χ1n) is 4.84. The summed E-state index contributed by atoms with van der Waals surface area (Å²) in [5, 5.41) is 3.11. The second-order valence-electron chi connectivity index (χ2n) is 3.78. The summed E-state index contributed by atoms with van der Waals surface area (Å²) >= 11 is 0. The highest BCUT2D eigenvalue weighted by atomic mass is 16.5. The Morgan fingerprint density at radius 3 is 2.69 bits per heavy atom. The third-order valence-electron chi connectivity index (χ3n) is 3.05. The number of hydrogen-bond donors (Lipinski definition) is 1. The summed E-state index contributed by atoms with van der Waals surface area (Å²) in [5.74, 6) is 0.221. The van der Waals surface area contributed by atoms with Crippen molar-refractivity contribution in [3.05, 3.63) is 0 Å². The largest absolute Gasteiger partial charge is 0.379 e. The molecule has 0 spiro atoms. The van der Waals surface area contributed by atoms with Gasteiger partial charge in [-0.3, -0.25) is 4.79 Å². The van der Waals surface area contributed by atoms with Crippen LogP contribution in [0.1, 0.15) is 12.8 Å². The standard InChI is InChI=1S/C9H16N2O2/c1-10-9(3-6-13-7-9)8(12)11-4-2-5-11/h10H,2-7H2,1H3. The molecular formula is C9H16N2O2. The minimum Gasteiger partial charge on any atom is -0.379 e. The summed E-state index contributed by atoms with van der Waals surface area (Å²) in [6, 6.07) is 0. The molecule has 0 aromatic heterocycles. The maximum atomic E-state index is 12.0. The first kappa shape index (κ1) is 8.97. The quantitative estimate of drug-likeness (QED) is 0.634. The molecule has 0 radical (unpaired) electrons. The lowest BCUT2D eigenvalue weighted by Crippen LogP contribution is -2.60. The van der Waals surface area contributed by atoms with E-state index in [0.717, 1.165) is 25.9 Å². The van der Waals surface area contributed by atoms with Gasteiger partial charge < -0.3 is 15.0 Å². The van der Waals surface area contributed by atoms with Crippen LogP contribution in [0.3, 0.4) is 0 Å².